The quantitative estimate of drug-likeness (QED) is 0.642. The Morgan fingerprint density at radius 3 is 2.75 bits per heavy atom. The summed E-state index contributed by atoms with van der Waals surface area (Å²) in [5.74, 6) is 1.77. The van der Waals surface area contributed by atoms with Gasteiger partial charge >= 0.3 is 0 Å². The van der Waals surface area contributed by atoms with E-state index in [-0.39, 0.29) is 5.84 Å². The van der Waals surface area contributed by atoms with E-state index in [9.17, 15) is 0 Å². The molecule has 0 spiro atoms. The number of rotatable bonds is 2. The number of hydrogen-bond acceptors (Lipinski definition) is 3. The van der Waals surface area contributed by atoms with Crippen LogP contribution < -0.4 is 10.6 Å². The molecule has 3 rings (SSSR count). The number of anilines is 1. The molecule has 1 fully saturated rings. The van der Waals surface area contributed by atoms with Gasteiger partial charge in [-0.05, 0) is 56.6 Å². The zero-order valence-corrected chi connectivity index (χ0v) is 12.4. The summed E-state index contributed by atoms with van der Waals surface area (Å²) in [6, 6.07) is 2.60. The summed E-state index contributed by atoms with van der Waals surface area (Å²) in [6.45, 7) is 5.55. The zero-order chi connectivity index (χ0) is 14.3. The molecule has 4 nitrogen and oxygen atoms in total. The normalized spacial score (nSPS) is 25.6. The van der Waals surface area contributed by atoms with Gasteiger partial charge in [0.05, 0.1) is 5.56 Å². The number of nitrogens with zero attached hydrogens (tertiary/aromatic N) is 2. The molecular weight excluding hydrogens is 248 g/mol. The van der Waals surface area contributed by atoms with E-state index in [1.165, 1.54) is 30.5 Å². The van der Waals surface area contributed by atoms with Crippen molar-refractivity contribution < 1.29 is 0 Å². The molecule has 0 aromatic carbocycles. The van der Waals surface area contributed by atoms with Crippen LogP contribution in [0.15, 0.2) is 6.07 Å². The highest BCUT2D eigenvalue weighted by molar-refractivity contribution is 6.00. The molecule has 3 N–H and O–H groups in total. The van der Waals surface area contributed by atoms with Crippen LogP contribution in [0.4, 0.5) is 5.82 Å². The van der Waals surface area contributed by atoms with E-state index in [1.54, 1.807) is 0 Å². The molecule has 108 valence electrons. The van der Waals surface area contributed by atoms with Crippen LogP contribution in [0.25, 0.3) is 0 Å². The van der Waals surface area contributed by atoms with Gasteiger partial charge in [-0.15, -0.1) is 0 Å². The van der Waals surface area contributed by atoms with Crippen molar-refractivity contribution in [2.24, 2.45) is 11.7 Å². The lowest BCUT2D eigenvalue weighted by Gasteiger charge is -2.27. The third kappa shape index (κ3) is 2.28. The Hall–Kier alpha value is -1.58. The maximum absolute atomic E-state index is 7.88. The summed E-state index contributed by atoms with van der Waals surface area (Å²) in [6.07, 6.45) is 5.79. The third-order valence-corrected chi connectivity index (χ3v) is 4.63. The average Bonchev–Trinajstić information content (AvgIpc) is 2.76. The van der Waals surface area contributed by atoms with E-state index < -0.39 is 0 Å². The SMILES string of the molecule is CC1CC(C)N(c2nc3c(cc2C(=N)N)CCCC3)C1. The highest BCUT2D eigenvalue weighted by Gasteiger charge is 2.30. The van der Waals surface area contributed by atoms with Crippen LogP contribution in [-0.4, -0.2) is 23.4 Å². The number of aryl methyl sites for hydroxylation is 2. The van der Waals surface area contributed by atoms with Gasteiger partial charge in [0, 0.05) is 18.3 Å². The number of nitrogens with two attached hydrogens (primary N) is 1. The van der Waals surface area contributed by atoms with E-state index in [2.05, 4.69) is 24.8 Å². The maximum atomic E-state index is 7.88. The summed E-state index contributed by atoms with van der Waals surface area (Å²) < 4.78 is 0. The number of fused-ring (bicyclic) bond motifs is 1. The Kier molecular flexibility index (Phi) is 3.40. The first kappa shape index (κ1) is 13.4. The smallest absolute Gasteiger partial charge is 0.140 e. The number of pyridine rings is 1. The Balaban J connectivity index is 2.06. The van der Waals surface area contributed by atoms with Crippen LogP contribution in [0, 0.1) is 11.3 Å². The molecular formula is C16H24N4. The Morgan fingerprint density at radius 2 is 2.10 bits per heavy atom. The van der Waals surface area contributed by atoms with Gasteiger partial charge in [0.1, 0.15) is 11.7 Å². The van der Waals surface area contributed by atoms with Gasteiger partial charge in [-0.25, -0.2) is 4.98 Å². The Bertz CT molecular complexity index is 538. The van der Waals surface area contributed by atoms with Crippen LogP contribution >= 0.6 is 0 Å². The van der Waals surface area contributed by atoms with E-state index in [0.29, 0.717) is 12.0 Å². The molecule has 20 heavy (non-hydrogen) atoms. The van der Waals surface area contributed by atoms with Gasteiger partial charge in [0.15, 0.2) is 0 Å². The fourth-order valence-corrected chi connectivity index (χ4v) is 3.63. The zero-order valence-electron chi connectivity index (χ0n) is 12.4. The Labute approximate surface area is 120 Å². The lowest BCUT2D eigenvalue weighted by molar-refractivity contribution is 0.624. The minimum Gasteiger partial charge on any atom is -0.384 e. The molecule has 0 amide bonds. The second kappa shape index (κ2) is 5.08. The monoisotopic (exact) mass is 272 g/mol. The first-order valence-corrected chi connectivity index (χ1v) is 7.70. The molecule has 0 radical (unpaired) electrons. The Morgan fingerprint density at radius 1 is 1.35 bits per heavy atom. The van der Waals surface area contributed by atoms with Gasteiger partial charge in [0.2, 0.25) is 0 Å². The second-order valence-electron chi connectivity index (χ2n) is 6.43. The molecule has 2 aliphatic rings. The van der Waals surface area contributed by atoms with E-state index in [0.717, 1.165) is 30.8 Å². The van der Waals surface area contributed by atoms with Crippen molar-refractivity contribution >= 4 is 11.7 Å². The molecule has 1 aromatic rings. The van der Waals surface area contributed by atoms with Crippen molar-refractivity contribution in [1.82, 2.24) is 4.98 Å². The number of aromatic nitrogens is 1. The van der Waals surface area contributed by atoms with Crippen LogP contribution in [0.3, 0.4) is 0 Å². The predicted octanol–water partition coefficient (Wildman–Crippen LogP) is 2.48. The van der Waals surface area contributed by atoms with E-state index in [4.69, 9.17) is 16.1 Å². The summed E-state index contributed by atoms with van der Waals surface area (Å²) in [5.41, 5.74) is 9.16. The van der Waals surface area contributed by atoms with Gasteiger partial charge < -0.3 is 10.6 Å². The van der Waals surface area contributed by atoms with Crippen LogP contribution in [0.5, 0.6) is 0 Å². The largest absolute Gasteiger partial charge is 0.384 e. The molecule has 1 aromatic heterocycles. The molecule has 1 saturated heterocycles. The topological polar surface area (TPSA) is 66.0 Å². The maximum Gasteiger partial charge on any atom is 0.140 e. The fourth-order valence-electron chi connectivity index (χ4n) is 3.63. The standard InChI is InChI=1S/C16H24N4/c1-10-7-11(2)20(9-10)16-13(15(17)18)8-12-5-3-4-6-14(12)19-16/h8,10-11H,3-7,9H2,1-2H3,(H3,17,18). The van der Waals surface area contributed by atoms with Crippen molar-refractivity contribution in [3.8, 4) is 0 Å². The van der Waals surface area contributed by atoms with Crippen LogP contribution in [-0.2, 0) is 12.8 Å². The van der Waals surface area contributed by atoms with E-state index >= 15 is 0 Å². The van der Waals surface area contributed by atoms with Crippen molar-refractivity contribution in [1.29, 1.82) is 5.41 Å². The van der Waals surface area contributed by atoms with Crippen molar-refractivity contribution in [3.63, 3.8) is 0 Å². The molecule has 2 atom stereocenters. The third-order valence-electron chi connectivity index (χ3n) is 4.63. The minimum absolute atomic E-state index is 0.146. The summed E-state index contributed by atoms with van der Waals surface area (Å²) in [5, 5.41) is 7.88. The average molecular weight is 272 g/mol. The van der Waals surface area contributed by atoms with Gasteiger partial charge in [-0.2, -0.15) is 0 Å². The molecule has 1 aliphatic carbocycles. The minimum atomic E-state index is 0.146. The number of amidine groups is 1. The van der Waals surface area contributed by atoms with Crippen molar-refractivity contribution in [2.45, 2.75) is 52.0 Å². The van der Waals surface area contributed by atoms with Crippen molar-refractivity contribution in [2.75, 3.05) is 11.4 Å². The predicted molar refractivity (Wildman–Crippen MR) is 82.5 cm³/mol. The molecule has 4 heteroatoms. The molecule has 0 saturated carbocycles. The molecule has 1 aliphatic heterocycles. The first-order valence-electron chi connectivity index (χ1n) is 7.70. The lowest BCUT2D eigenvalue weighted by atomic mass is 9.94. The number of hydrogen-bond donors (Lipinski definition) is 2. The van der Waals surface area contributed by atoms with Crippen LogP contribution in [0.2, 0.25) is 0 Å². The molecule has 2 unspecified atom stereocenters. The van der Waals surface area contributed by atoms with Crippen LogP contribution in [0.1, 0.15) is 49.9 Å². The van der Waals surface area contributed by atoms with E-state index in [1.807, 2.05) is 0 Å². The highest BCUT2D eigenvalue weighted by Crippen LogP contribution is 2.32. The lowest BCUT2D eigenvalue weighted by Crippen LogP contribution is -2.31. The second-order valence-corrected chi connectivity index (χ2v) is 6.43. The summed E-state index contributed by atoms with van der Waals surface area (Å²) >= 11 is 0. The van der Waals surface area contributed by atoms with Gasteiger partial charge in [-0.3, -0.25) is 5.41 Å². The van der Waals surface area contributed by atoms with Gasteiger partial charge in [-0.1, -0.05) is 6.92 Å². The van der Waals surface area contributed by atoms with Crippen molar-refractivity contribution in [3.05, 3.63) is 22.9 Å². The molecule has 2 heterocycles. The number of nitrogens with one attached hydrogen (secondary N) is 1. The summed E-state index contributed by atoms with van der Waals surface area (Å²) in [7, 11) is 0. The first-order chi connectivity index (χ1) is 9.56. The highest BCUT2D eigenvalue weighted by atomic mass is 15.2. The molecule has 0 bridgehead atoms. The fraction of sp³-hybridized carbons (Fsp3) is 0.625. The summed E-state index contributed by atoms with van der Waals surface area (Å²) in [4.78, 5) is 7.25. The number of nitrogen functional groups attached to an aromatic ring is 1. The van der Waals surface area contributed by atoms with Gasteiger partial charge in [0.25, 0.3) is 0 Å².